The number of rotatable bonds is 28. The molecule has 2 fully saturated rings. The summed E-state index contributed by atoms with van der Waals surface area (Å²) in [6, 6.07) is -10.9. The second kappa shape index (κ2) is 47.7. The molecule has 3 rings (SSSR count). The highest BCUT2D eigenvalue weighted by molar-refractivity contribution is 5.99. The zero-order valence-electron chi connectivity index (χ0n) is 74.5. The van der Waals surface area contributed by atoms with Gasteiger partial charge in [-0.05, 0) is 181 Å². The van der Waals surface area contributed by atoms with E-state index in [0.717, 1.165) is 18.7 Å². The number of piperazine rings is 1. The van der Waals surface area contributed by atoms with E-state index in [4.69, 9.17) is 28.4 Å². The van der Waals surface area contributed by atoms with Crippen molar-refractivity contribution in [2.24, 2.45) is 11.8 Å². The van der Waals surface area contributed by atoms with Crippen molar-refractivity contribution < 1.29 is 115 Å². The Morgan fingerprint density at radius 3 is 1.36 bits per heavy atom. The molecular formula is C81H136N16O24. The summed E-state index contributed by atoms with van der Waals surface area (Å²) >= 11 is 0. The van der Waals surface area contributed by atoms with E-state index in [1.54, 1.807) is 141 Å². The molecule has 40 heteroatoms. The first-order valence-electron chi connectivity index (χ1n) is 41.1. The van der Waals surface area contributed by atoms with Crippen molar-refractivity contribution in [2.75, 3.05) is 52.4 Å². The Labute approximate surface area is 709 Å². The fraction of sp³-hybridized carbons (Fsp3) is 0.728. The van der Waals surface area contributed by atoms with Gasteiger partial charge in [-0.3, -0.25) is 57.6 Å². The van der Waals surface area contributed by atoms with Crippen molar-refractivity contribution in [1.29, 1.82) is 0 Å². The second-order valence-corrected chi connectivity index (χ2v) is 36.0. The van der Waals surface area contributed by atoms with E-state index in [1.807, 2.05) is 13.8 Å². The van der Waals surface area contributed by atoms with Gasteiger partial charge in [0.25, 0.3) is 0 Å². The highest BCUT2D eigenvalue weighted by Gasteiger charge is 2.47. The fourth-order valence-corrected chi connectivity index (χ4v) is 12.0. The number of aliphatic hydroxyl groups excluding tert-OH is 2. The number of esters is 1. The average Bonchev–Trinajstić information content (AvgIpc) is 0.793. The van der Waals surface area contributed by atoms with E-state index in [0.29, 0.717) is 12.0 Å². The first kappa shape index (κ1) is 105. The molecule has 121 heavy (non-hydrogen) atoms. The molecule has 0 saturated carbocycles. The van der Waals surface area contributed by atoms with Crippen LogP contribution in [0.4, 0.5) is 24.0 Å². The normalized spacial score (nSPS) is 21.9. The Kier molecular flexibility index (Phi) is 41.3. The first-order valence-corrected chi connectivity index (χ1v) is 41.1. The van der Waals surface area contributed by atoms with Crippen molar-refractivity contribution in [3.63, 3.8) is 0 Å². The van der Waals surface area contributed by atoms with E-state index < -0.39 is 273 Å². The number of nitrogens with one attached hydrogen (secondary N) is 14. The lowest BCUT2D eigenvalue weighted by atomic mass is 10.00. The molecule has 1 aromatic carbocycles. The molecule has 2 aliphatic heterocycles. The van der Waals surface area contributed by atoms with Gasteiger partial charge in [0.2, 0.25) is 59.1 Å². The Morgan fingerprint density at radius 1 is 0.496 bits per heavy atom. The Balaban J connectivity index is 2.43. The number of hydrogen-bond donors (Lipinski definition) is 16. The van der Waals surface area contributed by atoms with Crippen LogP contribution in [-0.2, 0) is 87.6 Å². The van der Waals surface area contributed by atoms with Crippen molar-refractivity contribution in [3.05, 3.63) is 35.9 Å². The Hall–Kier alpha value is -10.4. The zero-order chi connectivity index (χ0) is 92.0. The van der Waals surface area contributed by atoms with E-state index >= 15 is 24.0 Å². The molecule has 40 nitrogen and oxygen atoms in total. The van der Waals surface area contributed by atoms with Crippen LogP contribution >= 0.6 is 0 Å². The number of amides is 15. The van der Waals surface area contributed by atoms with Crippen LogP contribution in [0.15, 0.2) is 30.3 Å². The molecule has 15 amide bonds. The minimum atomic E-state index is -2.05. The number of aliphatic hydroxyl groups is 2. The summed E-state index contributed by atoms with van der Waals surface area (Å²) in [6.07, 6.45) is -11.2. The minimum absolute atomic E-state index is 0.0577. The predicted molar refractivity (Wildman–Crippen MR) is 442 cm³/mol. The number of benzene rings is 1. The lowest BCUT2D eigenvalue weighted by Gasteiger charge is -2.45. The molecule has 14 atom stereocenters. The van der Waals surface area contributed by atoms with Crippen molar-refractivity contribution in [2.45, 2.75) is 317 Å². The number of nitrogens with zero attached hydrogens (tertiary/aromatic N) is 2. The van der Waals surface area contributed by atoms with Gasteiger partial charge in [-0.15, -0.1) is 0 Å². The summed E-state index contributed by atoms with van der Waals surface area (Å²) in [4.78, 5) is 234. The van der Waals surface area contributed by atoms with Gasteiger partial charge >= 0.3 is 36.4 Å². The number of carbonyl (C=O) groups excluding carboxylic acids is 16. The monoisotopic (exact) mass is 1720 g/mol. The van der Waals surface area contributed by atoms with Gasteiger partial charge in [0, 0.05) is 45.7 Å². The molecule has 2 aliphatic rings. The van der Waals surface area contributed by atoms with Gasteiger partial charge in [-0.1, -0.05) is 65.0 Å². The number of hydrogen-bond acceptors (Lipinski definition) is 25. The second-order valence-electron chi connectivity index (χ2n) is 36.0. The molecule has 1 aromatic rings. The van der Waals surface area contributed by atoms with Gasteiger partial charge in [0.05, 0.1) is 31.4 Å². The van der Waals surface area contributed by atoms with Crippen LogP contribution in [0.2, 0.25) is 0 Å². The van der Waals surface area contributed by atoms with Crippen molar-refractivity contribution in [1.82, 2.24) is 84.2 Å². The molecule has 16 N–H and O–H groups in total. The molecule has 0 bridgehead atoms. The number of ether oxygens (including phenoxy) is 6. The molecule has 2 unspecified atom stereocenters. The largest absolute Gasteiger partial charge is 0.461 e. The fourth-order valence-electron chi connectivity index (χ4n) is 12.0. The molecule has 684 valence electrons. The van der Waals surface area contributed by atoms with E-state index in [9.17, 15) is 63.0 Å². The van der Waals surface area contributed by atoms with Gasteiger partial charge in [-0.2, -0.15) is 0 Å². The van der Waals surface area contributed by atoms with Crippen LogP contribution < -0.4 is 74.4 Å². The van der Waals surface area contributed by atoms with Crippen LogP contribution in [0.5, 0.6) is 0 Å². The van der Waals surface area contributed by atoms with Gasteiger partial charge < -0.3 is 118 Å². The topological polar surface area (TPSA) is 544 Å². The van der Waals surface area contributed by atoms with Crippen LogP contribution in [0.1, 0.15) is 203 Å². The molecule has 2 heterocycles. The lowest BCUT2D eigenvalue weighted by Crippen LogP contribution is -2.69. The summed E-state index contributed by atoms with van der Waals surface area (Å²) < 4.78 is 33.1. The third-order valence-corrected chi connectivity index (χ3v) is 17.7. The van der Waals surface area contributed by atoms with Crippen LogP contribution in [0.3, 0.4) is 0 Å². The third-order valence-electron chi connectivity index (χ3n) is 17.7. The molecule has 0 radical (unpaired) electrons. The van der Waals surface area contributed by atoms with E-state index in [1.165, 1.54) is 25.7 Å². The quantitative estimate of drug-likeness (QED) is 0.0417. The number of alkyl carbamates (subject to hydrolysis) is 4. The highest BCUT2D eigenvalue weighted by atomic mass is 16.6. The maximum absolute atomic E-state index is 15.5. The lowest BCUT2D eigenvalue weighted by molar-refractivity contribution is -0.161. The summed E-state index contributed by atoms with van der Waals surface area (Å²) in [5.74, 6) is -12.8. The summed E-state index contributed by atoms with van der Waals surface area (Å²) in [5.41, 5.74) is -4.76. The van der Waals surface area contributed by atoms with E-state index in [-0.39, 0.29) is 38.4 Å². The highest BCUT2D eigenvalue weighted by Crippen LogP contribution is 2.24. The molecule has 2 saturated heterocycles. The Bertz CT molecular complexity index is 3680. The maximum atomic E-state index is 15.5. The summed E-state index contributed by atoms with van der Waals surface area (Å²) in [6.45, 7) is 33.1. The van der Waals surface area contributed by atoms with Gasteiger partial charge in [0.1, 0.15) is 94.5 Å². The van der Waals surface area contributed by atoms with Crippen molar-refractivity contribution >= 4 is 95.5 Å². The Morgan fingerprint density at radius 2 is 0.917 bits per heavy atom. The van der Waals surface area contributed by atoms with Gasteiger partial charge in [0.15, 0.2) is 0 Å². The zero-order valence-corrected chi connectivity index (χ0v) is 74.5. The predicted octanol–water partition coefficient (Wildman–Crippen LogP) is 1.48. The first-order chi connectivity index (χ1) is 55.8. The van der Waals surface area contributed by atoms with E-state index in [2.05, 4.69) is 74.4 Å². The third kappa shape index (κ3) is 40.2. The summed E-state index contributed by atoms with van der Waals surface area (Å²) in [7, 11) is 0. The standard InChI is InChI=1S/C81H136N16O24/c1-24-46(6)116-71(110)58-43-96(76(115)121-81(21,22)23)42-57(97(58)41-45(4)5)68(107)95-60(48(8)99)70(109)93-56(40-86-75(114)120-80(18,19)20)67(106)90-50-30-34-82-69(108)59(47(7)98)94-64(103)53(33-37-85-74(113)119-79(15,16)17)88-62(101)51(31-35-83-72(111)117-77(9,10)11)89-65(104)54(38-44(2)3)91-66(105)55(39-49-28-26-25-27-29-49)92-63(102)52(87-61(50)100)32-36-84-73(112)118-78(12,13)14/h25-29,44-48,50-60,98-99H,24,30-43H2,1-23H3,(H,82,108)(H,83,111)(H,84,112)(H,85,113)(H,86,114)(H,87,100)(H,88,101)(H,89,104)(H,90,106)(H,91,105)(H,92,102)(H,93,109)(H,94,103)(H,95,107)/t46?,47-,48+,50+,51+,52+,53+,54+,55-,56+,57+,58?,59+,60+/m1/s1. The average molecular weight is 1720 g/mol. The molecule has 0 aromatic heterocycles. The van der Waals surface area contributed by atoms with Gasteiger partial charge in [-0.25, -0.2) is 24.0 Å². The maximum Gasteiger partial charge on any atom is 0.410 e. The van der Waals surface area contributed by atoms with Crippen LogP contribution in [0.25, 0.3) is 0 Å². The molecule has 0 aliphatic carbocycles. The minimum Gasteiger partial charge on any atom is -0.461 e. The van der Waals surface area contributed by atoms with Crippen LogP contribution in [-0.4, -0.2) is 281 Å². The SMILES string of the molecule is CCC(C)OC(=O)C1CN(C(=O)OC(C)(C)C)C[C@@H](C(=O)N[C@H](C(=O)N[C@@H](CNC(=O)OC(C)(C)C)C(=O)N[C@H]2CCNC(=O)[C@H]([C@@H](C)O)NC(=O)[C@H](CCNC(=O)OC(C)(C)C)NC(=O)[C@H](CCNC(=O)OC(C)(C)C)NC(=O)[C@H](CC(C)C)NC(=O)[C@@H](Cc3ccccc3)NC(=O)[C@H](CCNC(=O)OC(C)(C)C)NC2=O)[C@H](C)O)N1CC(C)C. The van der Waals surface area contributed by atoms with Crippen molar-refractivity contribution in [3.8, 4) is 0 Å². The molecular weight excluding hydrogens is 1580 g/mol. The van der Waals surface area contributed by atoms with Crippen LogP contribution in [0, 0.1) is 11.8 Å². The number of carbonyl (C=O) groups is 16. The smallest absolute Gasteiger partial charge is 0.410 e. The molecule has 0 spiro atoms. The summed E-state index contributed by atoms with van der Waals surface area (Å²) in [5, 5.41) is 58.1.